The van der Waals surface area contributed by atoms with Crippen LogP contribution < -0.4 is 4.72 Å². The zero-order chi connectivity index (χ0) is 11.8. The second kappa shape index (κ2) is 4.60. The monoisotopic (exact) mass is 247 g/mol. The Morgan fingerprint density at radius 3 is 2.62 bits per heavy atom. The van der Waals surface area contributed by atoms with Gasteiger partial charge in [0.25, 0.3) is 10.2 Å². The smallest absolute Gasteiger partial charge is 0.279 e. The Hall–Kier alpha value is -0.170. The minimum Gasteiger partial charge on any atom is -0.299 e. The van der Waals surface area contributed by atoms with Crippen molar-refractivity contribution in [2.75, 3.05) is 27.2 Å². The second-order valence-electron chi connectivity index (χ2n) is 4.90. The Labute approximate surface area is 98.0 Å². The number of hydrogen-bond donors (Lipinski definition) is 1. The lowest BCUT2D eigenvalue weighted by Gasteiger charge is -2.32. The molecule has 2 heterocycles. The Morgan fingerprint density at radius 1 is 1.19 bits per heavy atom. The van der Waals surface area contributed by atoms with E-state index in [9.17, 15) is 8.42 Å². The molecule has 0 spiro atoms. The fourth-order valence-corrected chi connectivity index (χ4v) is 3.55. The molecule has 0 bridgehead atoms. The molecule has 2 unspecified atom stereocenters. The largest absolute Gasteiger partial charge is 0.299 e. The van der Waals surface area contributed by atoms with Crippen molar-refractivity contribution in [2.24, 2.45) is 0 Å². The lowest BCUT2D eigenvalue weighted by molar-refractivity contribution is 0.185. The summed E-state index contributed by atoms with van der Waals surface area (Å²) in [6.45, 7) is 2.16. The van der Waals surface area contributed by atoms with Gasteiger partial charge >= 0.3 is 0 Å². The van der Waals surface area contributed by atoms with E-state index in [1.54, 1.807) is 14.1 Å². The minimum absolute atomic E-state index is 0.104. The molecule has 0 aliphatic carbocycles. The molecule has 0 saturated carbocycles. The highest BCUT2D eigenvalue weighted by Gasteiger charge is 2.37. The van der Waals surface area contributed by atoms with Crippen LogP contribution in [0.3, 0.4) is 0 Å². The number of nitrogens with one attached hydrogen (secondary N) is 1. The summed E-state index contributed by atoms with van der Waals surface area (Å²) in [6, 6.07) is 0.524. The molecule has 16 heavy (non-hydrogen) atoms. The van der Waals surface area contributed by atoms with Gasteiger partial charge < -0.3 is 0 Å². The first-order valence-corrected chi connectivity index (χ1v) is 7.38. The molecular weight excluding hydrogens is 226 g/mol. The fraction of sp³-hybridized carbons (Fsp3) is 1.00. The maximum Gasteiger partial charge on any atom is 0.279 e. The molecule has 0 amide bonds. The van der Waals surface area contributed by atoms with Crippen molar-refractivity contribution >= 4 is 10.2 Å². The van der Waals surface area contributed by atoms with Crippen molar-refractivity contribution in [1.82, 2.24) is 13.9 Å². The van der Waals surface area contributed by atoms with Crippen molar-refractivity contribution in [2.45, 2.75) is 37.8 Å². The Bertz CT molecular complexity index is 342. The third-order valence-corrected chi connectivity index (χ3v) is 5.20. The van der Waals surface area contributed by atoms with E-state index in [0.717, 1.165) is 25.9 Å². The average molecular weight is 247 g/mol. The molecule has 6 heteroatoms. The summed E-state index contributed by atoms with van der Waals surface area (Å²) >= 11 is 0. The number of piperidine rings is 1. The third kappa shape index (κ3) is 2.40. The van der Waals surface area contributed by atoms with E-state index < -0.39 is 10.2 Å². The summed E-state index contributed by atoms with van der Waals surface area (Å²) in [5, 5.41) is 0. The fourth-order valence-electron chi connectivity index (χ4n) is 2.68. The number of hydrogen-bond acceptors (Lipinski definition) is 3. The van der Waals surface area contributed by atoms with E-state index in [4.69, 9.17) is 0 Å². The summed E-state index contributed by atoms with van der Waals surface area (Å²) in [5.74, 6) is 0. The van der Waals surface area contributed by atoms with Gasteiger partial charge in [0.1, 0.15) is 0 Å². The Balaban J connectivity index is 2.01. The molecule has 94 valence electrons. The lowest BCUT2D eigenvalue weighted by Crippen LogP contribution is -2.49. The van der Waals surface area contributed by atoms with Gasteiger partial charge in [-0.05, 0) is 25.8 Å². The predicted molar refractivity (Wildman–Crippen MR) is 63.4 cm³/mol. The average Bonchev–Trinajstić information content (AvgIpc) is 2.61. The lowest BCUT2D eigenvalue weighted by atomic mass is 10.00. The zero-order valence-corrected chi connectivity index (χ0v) is 10.8. The van der Waals surface area contributed by atoms with Gasteiger partial charge in [-0.1, -0.05) is 6.42 Å². The van der Waals surface area contributed by atoms with Crippen LogP contribution in [0, 0.1) is 0 Å². The van der Waals surface area contributed by atoms with Crippen LogP contribution >= 0.6 is 0 Å². The van der Waals surface area contributed by atoms with E-state index in [1.807, 2.05) is 0 Å². The highest BCUT2D eigenvalue weighted by atomic mass is 32.2. The summed E-state index contributed by atoms with van der Waals surface area (Å²) in [4.78, 5) is 2.42. The van der Waals surface area contributed by atoms with Gasteiger partial charge in [0, 0.05) is 32.7 Å². The van der Waals surface area contributed by atoms with Gasteiger partial charge in [-0.3, -0.25) is 4.90 Å². The van der Waals surface area contributed by atoms with Gasteiger partial charge in [-0.2, -0.15) is 17.4 Å². The molecule has 2 saturated heterocycles. The maximum absolute atomic E-state index is 11.8. The van der Waals surface area contributed by atoms with Crippen LogP contribution in [0.25, 0.3) is 0 Å². The van der Waals surface area contributed by atoms with Crippen LogP contribution in [0.1, 0.15) is 25.7 Å². The van der Waals surface area contributed by atoms with Crippen molar-refractivity contribution in [3.63, 3.8) is 0 Å². The summed E-state index contributed by atoms with van der Waals surface area (Å²) < 4.78 is 27.6. The van der Waals surface area contributed by atoms with Crippen LogP contribution in [-0.4, -0.2) is 56.9 Å². The van der Waals surface area contributed by atoms with Gasteiger partial charge in [-0.25, -0.2) is 0 Å². The van der Waals surface area contributed by atoms with Crippen LogP contribution in [0.4, 0.5) is 0 Å². The van der Waals surface area contributed by atoms with E-state index in [1.165, 1.54) is 17.1 Å². The quantitative estimate of drug-likeness (QED) is 0.764. The normalized spacial score (nSPS) is 31.9. The summed E-state index contributed by atoms with van der Waals surface area (Å²) in [6.07, 6.45) is 4.55. The second-order valence-corrected chi connectivity index (χ2v) is 6.82. The molecule has 0 aromatic heterocycles. The molecule has 0 aromatic carbocycles. The van der Waals surface area contributed by atoms with Crippen molar-refractivity contribution in [1.29, 1.82) is 0 Å². The number of fused-ring (bicyclic) bond motifs is 1. The third-order valence-electron chi connectivity index (χ3n) is 3.64. The Morgan fingerprint density at radius 2 is 1.94 bits per heavy atom. The standard InChI is InChI=1S/C10H21N3O2S/c1-12(2)16(14,15)11-9-6-8-13-7-4-3-5-10(9)13/h9-11H,3-8H2,1-2H3. The number of nitrogens with zero attached hydrogens (tertiary/aromatic N) is 2. The van der Waals surface area contributed by atoms with Crippen LogP contribution in [0.2, 0.25) is 0 Å². The molecule has 1 N–H and O–H groups in total. The predicted octanol–water partition coefficient (Wildman–Crippen LogP) is 0.00920. The topological polar surface area (TPSA) is 52.7 Å². The first kappa shape index (κ1) is 12.3. The van der Waals surface area contributed by atoms with Gasteiger partial charge in [0.2, 0.25) is 0 Å². The van der Waals surface area contributed by atoms with E-state index >= 15 is 0 Å². The summed E-state index contributed by atoms with van der Waals surface area (Å²) in [5.41, 5.74) is 0. The van der Waals surface area contributed by atoms with Gasteiger partial charge in [0.05, 0.1) is 0 Å². The van der Waals surface area contributed by atoms with Crippen molar-refractivity contribution < 1.29 is 8.42 Å². The molecule has 5 nitrogen and oxygen atoms in total. The first-order valence-electron chi connectivity index (χ1n) is 5.94. The Kier molecular flexibility index (Phi) is 3.53. The van der Waals surface area contributed by atoms with Crippen LogP contribution in [0.5, 0.6) is 0 Å². The van der Waals surface area contributed by atoms with Crippen LogP contribution in [-0.2, 0) is 10.2 Å². The molecule has 2 rings (SSSR count). The van der Waals surface area contributed by atoms with E-state index in [0.29, 0.717) is 6.04 Å². The molecule has 2 aliphatic rings. The molecule has 2 fully saturated rings. The van der Waals surface area contributed by atoms with E-state index in [-0.39, 0.29) is 6.04 Å². The zero-order valence-electron chi connectivity index (χ0n) is 10.0. The highest BCUT2D eigenvalue weighted by Crippen LogP contribution is 2.27. The summed E-state index contributed by atoms with van der Waals surface area (Å²) in [7, 11) is -0.145. The minimum atomic E-state index is -3.28. The molecule has 2 aliphatic heterocycles. The molecule has 2 atom stereocenters. The first-order chi connectivity index (χ1) is 7.50. The molecular formula is C10H21N3O2S. The number of rotatable bonds is 3. The van der Waals surface area contributed by atoms with Gasteiger partial charge in [-0.15, -0.1) is 0 Å². The molecule has 0 radical (unpaired) electrons. The van der Waals surface area contributed by atoms with Crippen molar-refractivity contribution in [3.8, 4) is 0 Å². The van der Waals surface area contributed by atoms with E-state index in [2.05, 4.69) is 9.62 Å². The molecule has 0 aromatic rings. The van der Waals surface area contributed by atoms with Crippen molar-refractivity contribution in [3.05, 3.63) is 0 Å². The van der Waals surface area contributed by atoms with Crippen LogP contribution in [0.15, 0.2) is 0 Å². The maximum atomic E-state index is 11.8. The van der Waals surface area contributed by atoms with Gasteiger partial charge in [0.15, 0.2) is 0 Å². The SMILES string of the molecule is CN(C)S(=O)(=O)NC1CCN2CCCCC12. The highest BCUT2D eigenvalue weighted by molar-refractivity contribution is 7.87.